The predicted molar refractivity (Wildman–Crippen MR) is 136 cm³/mol. The van der Waals surface area contributed by atoms with E-state index in [0.29, 0.717) is 16.5 Å². The van der Waals surface area contributed by atoms with Crippen LogP contribution in [-0.2, 0) is 32.1 Å². The summed E-state index contributed by atoms with van der Waals surface area (Å²) in [5, 5.41) is 15.3. The van der Waals surface area contributed by atoms with E-state index in [1.54, 1.807) is 57.2 Å². The summed E-state index contributed by atoms with van der Waals surface area (Å²) in [5.74, 6) is -1.96. The Kier molecular flexibility index (Phi) is 8.54. The van der Waals surface area contributed by atoms with Gasteiger partial charge in [0.05, 0.1) is 5.52 Å². The number of alkyl carbamates (subject to hydrolysis) is 1. The Balaban J connectivity index is 1.68. The third kappa shape index (κ3) is 7.57. The van der Waals surface area contributed by atoms with Crippen LogP contribution in [0.1, 0.15) is 38.8 Å². The van der Waals surface area contributed by atoms with Crippen molar-refractivity contribution in [3.63, 3.8) is 0 Å². The van der Waals surface area contributed by atoms with Gasteiger partial charge in [-0.15, -0.1) is 0 Å². The molecule has 1 aromatic heterocycles. The van der Waals surface area contributed by atoms with Crippen LogP contribution in [0.15, 0.2) is 60.8 Å². The average Bonchev–Trinajstić information content (AvgIpc) is 3.20. The summed E-state index contributed by atoms with van der Waals surface area (Å²) in [7, 11) is 0. The minimum Gasteiger partial charge on any atom is -0.480 e. The number of amides is 2. The molecule has 0 aliphatic heterocycles. The molecule has 2 aromatic carbocycles. The van der Waals surface area contributed by atoms with Gasteiger partial charge in [0.25, 0.3) is 0 Å². The van der Waals surface area contributed by atoms with Crippen molar-refractivity contribution >= 4 is 35.0 Å². The van der Waals surface area contributed by atoms with Crippen molar-refractivity contribution < 1.29 is 33.8 Å². The molecule has 196 valence electrons. The molecule has 2 atom stereocenters. The Morgan fingerprint density at radius 2 is 1.62 bits per heavy atom. The van der Waals surface area contributed by atoms with Crippen LogP contribution in [0.5, 0.6) is 0 Å². The molecule has 3 rings (SSSR count). The molecule has 10 nitrogen and oxygen atoms in total. The first-order valence-corrected chi connectivity index (χ1v) is 11.8. The van der Waals surface area contributed by atoms with E-state index in [4.69, 9.17) is 9.47 Å². The van der Waals surface area contributed by atoms with E-state index in [0.717, 1.165) is 5.56 Å². The van der Waals surface area contributed by atoms with Crippen LogP contribution in [0.2, 0.25) is 0 Å². The summed E-state index contributed by atoms with van der Waals surface area (Å²) in [6.07, 6.45) is 0.0166. The molecule has 0 saturated carbocycles. The Hall–Kier alpha value is -4.34. The van der Waals surface area contributed by atoms with Crippen molar-refractivity contribution in [2.24, 2.45) is 0 Å². The monoisotopic (exact) mass is 509 g/mol. The highest BCUT2D eigenvalue weighted by molar-refractivity contribution is 5.93. The van der Waals surface area contributed by atoms with Gasteiger partial charge in [-0.3, -0.25) is 9.36 Å². The molecule has 0 aliphatic rings. The van der Waals surface area contributed by atoms with Gasteiger partial charge in [0.15, 0.2) is 0 Å². The number of aromatic nitrogens is 1. The second-order valence-electron chi connectivity index (χ2n) is 9.55. The minimum absolute atomic E-state index is 0.0282. The molecule has 3 N–H and O–H groups in total. The smallest absolute Gasteiger partial charge is 0.419 e. The SMILES string of the molecule is C[C@@H](NC(=O)OCc1ccccc1)C(=O)N[C@@H](Cc1cn(C(=O)OC(C)(C)C)c2ccccc12)C(=O)O. The maximum Gasteiger partial charge on any atom is 0.419 e. The molecule has 0 spiro atoms. The second kappa shape index (κ2) is 11.6. The van der Waals surface area contributed by atoms with Gasteiger partial charge < -0.3 is 25.2 Å². The van der Waals surface area contributed by atoms with Crippen molar-refractivity contribution in [1.29, 1.82) is 0 Å². The van der Waals surface area contributed by atoms with E-state index in [2.05, 4.69) is 10.6 Å². The lowest BCUT2D eigenvalue weighted by Gasteiger charge is -2.19. The van der Waals surface area contributed by atoms with Gasteiger partial charge in [-0.05, 0) is 44.9 Å². The van der Waals surface area contributed by atoms with Gasteiger partial charge in [-0.2, -0.15) is 0 Å². The van der Waals surface area contributed by atoms with Crippen molar-refractivity contribution in [3.05, 3.63) is 71.9 Å². The fourth-order valence-electron chi connectivity index (χ4n) is 3.60. The third-order valence-corrected chi connectivity index (χ3v) is 5.36. The highest BCUT2D eigenvalue weighted by Gasteiger charge is 2.27. The largest absolute Gasteiger partial charge is 0.480 e. The molecular weight excluding hydrogens is 478 g/mol. The number of hydrogen-bond acceptors (Lipinski definition) is 6. The van der Waals surface area contributed by atoms with Crippen molar-refractivity contribution in [2.45, 2.75) is 58.4 Å². The highest BCUT2D eigenvalue weighted by atomic mass is 16.6. The number of aliphatic carboxylic acids is 1. The average molecular weight is 510 g/mol. The molecule has 0 bridgehead atoms. The standard InChI is InChI=1S/C27H31N3O7/c1-17(28-25(34)36-16-18-10-6-5-7-11-18)23(31)29-21(24(32)33)14-19-15-30(26(35)37-27(2,3)4)22-13-9-8-12-20(19)22/h5-13,15,17,21H,14,16H2,1-4H3,(H,28,34)(H,29,31)(H,32,33)/t17-,21+/m1/s1. The molecule has 1 heterocycles. The molecule has 37 heavy (non-hydrogen) atoms. The zero-order valence-corrected chi connectivity index (χ0v) is 21.2. The first kappa shape index (κ1) is 27.3. The summed E-state index contributed by atoms with van der Waals surface area (Å²) >= 11 is 0. The number of hydrogen-bond donors (Lipinski definition) is 3. The zero-order chi connectivity index (χ0) is 27.2. The fourth-order valence-corrected chi connectivity index (χ4v) is 3.60. The molecule has 3 aromatic rings. The van der Waals surface area contributed by atoms with Crippen LogP contribution in [0, 0.1) is 0 Å². The Morgan fingerprint density at radius 1 is 0.973 bits per heavy atom. The number of carbonyl (C=O) groups excluding carboxylic acids is 3. The van der Waals surface area contributed by atoms with Gasteiger partial charge in [-0.1, -0.05) is 48.5 Å². The number of carboxylic acids is 1. The number of benzene rings is 2. The summed E-state index contributed by atoms with van der Waals surface area (Å²) < 4.78 is 11.9. The zero-order valence-electron chi connectivity index (χ0n) is 21.2. The number of carbonyl (C=O) groups is 4. The number of nitrogens with zero attached hydrogens (tertiary/aromatic N) is 1. The van der Waals surface area contributed by atoms with Gasteiger partial charge in [0.1, 0.15) is 24.3 Å². The number of rotatable bonds is 8. The van der Waals surface area contributed by atoms with Gasteiger partial charge in [-0.25, -0.2) is 14.4 Å². The summed E-state index contributed by atoms with van der Waals surface area (Å²) in [5.41, 5.74) is 1.16. The lowest BCUT2D eigenvalue weighted by Crippen LogP contribution is -2.51. The first-order valence-electron chi connectivity index (χ1n) is 11.8. The summed E-state index contributed by atoms with van der Waals surface area (Å²) in [4.78, 5) is 49.5. The van der Waals surface area contributed by atoms with E-state index in [1.807, 2.05) is 18.2 Å². The topological polar surface area (TPSA) is 136 Å². The molecule has 2 amide bonds. The lowest BCUT2D eigenvalue weighted by molar-refractivity contribution is -0.142. The van der Waals surface area contributed by atoms with Crippen LogP contribution in [-0.4, -0.2) is 51.4 Å². The van der Waals surface area contributed by atoms with Gasteiger partial charge in [0.2, 0.25) is 5.91 Å². The predicted octanol–water partition coefficient (Wildman–Crippen LogP) is 3.85. The van der Waals surface area contributed by atoms with Gasteiger partial charge >= 0.3 is 18.2 Å². The molecule has 0 aliphatic carbocycles. The van der Waals surface area contributed by atoms with Crippen LogP contribution in [0.3, 0.4) is 0 Å². The number of para-hydroxylation sites is 1. The Bertz CT molecular complexity index is 1280. The van der Waals surface area contributed by atoms with E-state index < -0.39 is 41.7 Å². The van der Waals surface area contributed by atoms with E-state index in [-0.39, 0.29) is 13.0 Å². The van der Waals surface area contributed by atoms with Crippen LogP contribution in [0.25, 0.3) is 10.9 Å². The van der Waals surface area contributed by atoms with E-state index in [1.165, 1.54) is 17.7 Å². The van der Waals surface area contributed by atoms with E-state index in [9.17, 15) is 24.3 Å². The Morgan fingerprint density at radius 3 is 2.27 bits per heavy atom. The normalized spacial score (nSPS) is 12.9. The van der Waals surface area contributed by atoms with Crippen molar-refractivity contribution in [2.75, 3.05) is 0 Å². The number of fused-ring (bicyclic) bond motifs is 1. The van der Waals surface area contributed by atoms with Crippen LogP contribution >= 0.6 is 0 Å². The maximum absolute atomic E-state index is 12.7. The third-order valence-electron chi connectivity index (χ3n) is 5.36. The van der Waals surface area contributed by atoms with Crippen LogP contribution < -0.4 is 10.6 Å². The molecule has 0 unspecified atom stereocenters. The Labute approximate surface area is 214 Å². The lowest BCUT2D eigenvalue weighted by atomic mass is 10.0. The minimum atomic E-state index is -1.31. The number of nitrogens with one attached hydrogen (secondary N) is 2. The summed E-state index contributed by atoms with van der Waals surface area (Å²) in [6, 6.07) is 13.7. The van der Waals surface area contributed by atoms with E-state index >= 15 is 0 Å². The van der Waals surface area contributed by atoms with Gasteiger partial charge in [0, 0.05) is 18.0 Å². The van der Waals surface area contributed by atoms with Crippen LogP contribution in [0.4, 0.5) is 9.59 Å². The maximum atomic E-state index is 12.7. The molecule has 10 heteroatoms. The first-order chi connectivity index (χ1) is 17.4. The fraction of sp³-hybridized carbons (Fsp3) is 0.333. The summed E-state index contributed by atoms with van der Waals surface area (Å²) in [6.45, 7) is 6.70. The quantitative estimate of drug-likeness (QED) is 0.420. The molecule has 0 saturated heterocycles. The molecular formula is C27H31N3O7. The number of ether oxygens (including phenoxy) is 2. The molecule has 0 fully saturated rings. The second-order valence-corrected chi connectivity index (χ2v) is 9.55. The number of carboxylic acid groups (broad SMARTS) is 1. The van der Waals surface area contributed by atoms with Crippen molar-refractivity contribution in [1.82, 2.24) is 15.2 Å². The molecule has 0 radical (unpaired) electrons. The highest BCUT2D eigenvalue weighted by Crippen LogP contribution is 2.24. The van der Waals surface area contributed by atoms with Crippen molar-refractivity contribution in [3.8, 4) is 0 Å².